The molecule has 5 heteroatoms. The number of rotatable bonds is 7. The highest BCUT2D eigenvalue weighted by atomic mass is 32.2. The van der Waals surface area contributed by atoms with Gasteiger partial charge >= 0.3 is 0 Å². The minimum absolute atomic E-state index is 0.173. The van der Waals surface area contributed by atoms with Crippen molar-refractivity contribution in [2.75, 3.05) is 6.54 Å². The molecule has 20 heavy (non-hydrogen) atoms. The summed E-state index contributed by atoms with van der Waals surface area (Å²) in [6.07, 6.45) is 3.60. The molecule has 0 heterocycles. The van der Waals surface area contributed by atoms with Gasteiger partial charge in [0.1, 0.15) is 0 Å². The van der Waals surface area contributed by atoms with E-state index < -0.39 is 10.0 Å². The molecule has 3 N–H and O–H groups in total. The second-order valence-corrected chi connectivity index (χ2v) is 7.56. The van der Waals surface area contributed by atoms with Crippen LogP contribution in [-0.4, -0.2) is 21.0 Å². The molecule has 0 aliphatic heterocycles. The zero-order valence-corrected chi connectivity index (χ0v) is 13.0. The third kappa shape index (κ3) is 4.30. The molecule has 0 unspecified atom stereocenters. The number of hydrogen-bond acceptors (Lipinski definition) is 3. The lowest BCUT2D eigenvalue weighted by atomic mass is 9.99. The first-order valence-electron chi connectivity index (χ1n) is 7.23. The summed E-state index contributed by atoms with van der Waals surface area (Å²) in [5.41, 5.74) is 1.13. The topological polar surface area (TPSA) is 72.2 Å². The van der Waals surface area contributed by atoms with Crippen molar-refractivity contribution in [1.82, 2.24) is 5.32 Å². The Kier molecular flexibility index (Phi) is 4.83. The van der Waals surface area contributed by atoms with Crippen LogP contribution in [0.5, 0.6) is 0 Å². The van der Waals surface area contributed by atoms with Gasteiger partial charge in [0.25, 0.3) is 0 Å². The Labute approximate surface area is 121 Å². The lowest BCUT2D eigenvalue weighted by Crippen LogP contribution is -2.37. The van der Waals surface area contributed by atoms with Crippen LogP contribution in [0.15, 0.2) is 29.2 Å². The Hall–Kier alpha value is -0.910. The Balaban J connectivity index is 1.85. The highest BCUT2D eigenvalue weighted by Gasteiger charge is 2.32. The Morgan fingerprint density at radius 3 is 2.30 bits per heavy atom. The third-order valence-electron chi connectivity index (χ3n) is 3.89. The Morgan fingerprint density at radius 1 is 1.25 bits per heavy atom. The Bertz CT molecular complexity index is 531. The molecule has 1 saturated carbocycles. The molecular formula is C15H24N2O2S. The van der Waals surface area contributed by atoms with Gasteiger partial charge in [0.15, 0.2) is 0 Å². The normalized spacial score (nSPS) is 17.4. The van der Waals surface area contributed by atoms with E-state index in [1.54, 1.807) is 12.1 Å². The van der Waals surface area contributed by atoms with Crippen LogP contribution >= 0.6 is 0 Å². The fourth-order valence-electron chi connectivity index (χ4n) is 2.63. The van der Waals surface area contributed by atoms with Gasteiger partial charge < -0.3 is 5.32 Å². The van der Waals surface area contributed by atoms with Crippen LogP contribution in [0.2, 0.25) is 0 Å². The van der Waals surface area contributed by atoms with E-state index in [0.29, 0.717) is 12.0 Å². The molecule has 0 amide bonds. The van der Waals surface area contributed by atoms with Gasteiger partial charge in [-0.2, -0.15) is 0 Å². The molecule has 1 fully saturated rings. The van der Waals surface area contributed by atoms with Crippen molar-refractivity contribution in [1.29, 1.82) is 0 Å². The van der Waals surface area contributed by atoms with Crippen LogP contribution in [0, 0.1) is 11.8 Å². The van der Waals surface area contributed by atoms with E-state index in [2.05, 4.69) is 19.2 Å². The summed E-state index contributed by atoms with van der Waals surface area (Å²) in [7, 11) is -3.58. The molecule has 4 nitrogen and oxygen atoms in total. The number of sulfonamides is 1. The van der Waals surface area contributed by atoms with Gasteiger partial charge in [-0.25, -0.2) is 13.6 Å². The average Bonchev–Trinajstić information content (AvgIpc) is 3.18. The second-order valence-electron chi connectivity index (χ2n) is 6.00. The van der Waals surface area contributed by atoms with Crippen molar-refractivity contribution in [3.05, 3.63) is 29.8 Å². The molecule has 1 aliphatic carbocycles. The SMILES string of the molecule is CC(C)[C@@H](NCCc1ccc(S(N)(=O)=O)cc1)C1CC1. The van der Waals surface area contributed by atoms with Crippen molar-refractivity contribution in [2.45, 2.75) is 44.0 Å². The first-order chi connectivity index (χ1) is 9.38. The van der Waals surface area contributed by atoms with E-state index in [9.17, 15) is 8.42 Å². The first kappa shape index (κ1) is 15.5. The maximum atomic E-state index is 11.2. The van der Waals surface area contributed by atoms with Crippen LogP contribution < -0.4 is 10.5 Å². The van der Waals surface area contributed by atoms with Crippen molar-refractivity contribution in [3.8, 4) is 0 Å². The van der Waals surface area contributed by atoms with Gasteiger partial charge in [-0.1, -0.05) is 26.0 Å². The van der Waals surface area contributed by atoms with Crippen LogP contribution in [0.1, 0.15) is 32.3 Å². The van der Waals surface area contributed by atoms with Gasteiger partial charge in [-0.05, 0) is 55.3 Å². The molecule has 0 aromatic heterocycles. The number of hydrogen-bond donors (Lipinski definition) is 2. The molecule has 0 radical (unpaired) electrons. The van der Waals surface area contributed by atoms with Gasteiger partial charge in [0, 0.05) is 6.04 Å². The predicted molar refractivity (Wildman–Crippen MR) is 80.9 cm³/mol. The summed E-state index contributed by atoms with van der Waals surface area (Å²) < 4.78 is 22.3. The standard InChI is InChI=1S/C15H24N2O2S/c1-11(2)15(13-5-6-13)17-10-9-12-3-7-14(8-4-12)20(16,18)19/h3-4,7-8,11,13,15,17H,5-6,9-10H2,1-2H3,(H2,16,18,19)/t15-/m1/s1. The summed E-state index contributed by atoms with van der Waals surface area (Å²) >= 11 is 0. The largest absolute Gasteiger partial charge is 0.313 e. The molecule has 1 aromatic carbocycles. The summed E-state index contributed by atoms with van der Waals surface area (Å²) in [5, 5.41) is 8.71. The minimum Gasteiger partial charge on any atom is -0.313 e. The first-order valence-corrected chi connectivity index (χ1v) is 8.77. The monoisotopic (exact) mass is 296 g/mol. The van der Waals surface area contributed by atoms with Crippen LogP contribution in [0.3, 0.4) is 0 Å². The quantitative estimate of drug-likeness (QED) is 0.807. The highest BCUT2D eigenvalue weighted by Crippen LogP contribution is 2.35. The number of nitrogens with one attached hydrogen (secondary N) is 1. The van der Waals surface area contributed by atoms with Crippen LogP contribution in [-0.2, 0) is 16.4 Å². The van der Waals surface area contributed by atoms with E-state index in [1.165, 1.54) is 12.8 Å². The molecular weight excluding hydrogens is 272 g/mol. The van der Waals surface area contributed by atoms with E-state index in [-0.39, 0.29) is 4.90 Å². The molecule has 0 saturated heterocycles. The fraction of sp³-hybridized carbons (Fsp3) is 0.600. The van der Waals surface area contributed by atoms with Gasteiger partial charge in [0.2, 0.25) is 10.0 Å². The molecule has 0 bridgehead atoms. The van der Waals surface area contributed by atoms with Crippen molar-refractivity contribution in [3.63, 3.8) is 0 Å². The van der Waals surface area contributed by atoms with Crippen molar-refractivity contribution in [2.24, 2.45) is 17.0 Å². The number of benzene rings is 1. The molecule has 1 aromatic rings. The molecule has 0 spiro atoms. The van der Waals surface area contributed by atoms with E-state index >= 15 is 0 Å². The highest BCUT2D eigenvalue weighted by molar-refractivity contribution is 7.89. The van der Waals surface area contributed by atoms with Gasteiger partial charge in [-0.15, -0.1) is 0 Å². The molecule has 1 aliphatic rings. The van der Waals surface area contributed by atoms with Gasteiger partial charge in [0.05, 0.1) is 4.90 Å². The fourth-order valence-corrected chi connectivity index (χ4v) is 3.15. The van der Waals surface area contributed by atoms with E-state index in [1.807, 2.05) is 12.1 Å². The lowest BCUT2D eigenvalue weighted by molar-refractivity contribution is 0.363. The predicted octanol–water partition coefficient (Wildman–Crippen LogP) is 1.90. The minimum atomic E-state index is -3.58. The van der Waals surface area contributed by atoms with Crippen molar-refractivity contribution < 1.29 is 8.42 Å². The zero-order valence-electron chi connectivity index (χ0n) is 12.2. The zero-order chi connectivity index (χ0) is 14.8. The smallest absolute Gasteiger partial charge is 0.238 e. The summed E-state index contributed by atoms with van der Waals surface area (Å²) in [5.74, 6) is 1.51. The van der Waals surface area contributed by atoms with E-state index in [0.717, 1.165) is 24.4 Å². The molecule has 112 valence electrons. The lowest BCUT2D eigenvalue weighted by Gasteiger charge is -2.22. The van der Waals surface area contributed by atoms with Gasteiger partial charge in [-0.3, -0.25) is 0 Å². The molecule has 2 rings (SSSR count). The number of nitrogens with two attached hydrogens (primary N) is 1. The summed E-state index contributed by atoms with van der Waals surface area (Å²) in [4.78, 5) is 0.173. The summed E-state index contributed by atoms with van der Waals surface area (Å²) in [6, 6.07) is 7.43. The molecule has 1 atom stereocenters. The maximum absolute atomic E-state index is 11.2. The third-order valence-corrected chi connectivity index (χ3v) is 4.82. The average molecular weight is 296 g/mol. The summed E-state index contributed by atoms with van der Waals surface area (Å²) in [6.45, 7) is 5.45. The van der Waals surface area contributed by atoms with E-state index in [4.69, 9.17) is 5.14 Å². The number of primary sulfonamides is 1. The van der Waals surface area contributed by atoms with Crippen LogP contribution in [0.25, 0.3) is 0 Å². The maximum Gasteiger partial charge on any atom is 0.238 e. The Morgan fingerprint density at radius 2 is 1.85 bits per heavy atom. The second kappa shape index (κ2) is 6.24. The van der Waals surface area contributed by atoms with Crippen molar-refractivity contribution >= 4 is 10.0 Å². The van der Waals surface area contributed by atoms with Crippen LogP contribution in [0.4, 0.5) is 0 Å².